The molecule has 0 amide bonds. The maximum absolute atomic E-state index is 4.46. The van der Waals surface area contributed by atoms with Crippen molar-refractivity contribution in [1.82, 2.24) is 4.98 Å². The number of nitrogens with zero attached hydrogens (tertiary/aromatic N) is 2. The normalized spacial score (nSPS) is 11.8. The first-order valence-corrected chi connectivity index (χ1v) is 7.02. The van der Waals surface area contributed by atoms with Crippen molar-refractivity contribution < 1.29 is 0 Å². The SMILES string of the molecule is C=N/C=C\C(=C/C)Cc1cc(-c2ccc(C)cc2)ccn1. The van der Waals surface area contributed by atoms with Gasteiger partial charge in [-0.05, 0) is 55.5 Å². The van der Waals surface area contributed by atoms with Gasteiger partial charge in [0.25, 0.3) is 0 Å². The molecule has 0 aliphatic heterocycles. The molecule has 1 aromatic heterocycles. The first kappa shape index (κ1) is 14.9. The van der Waals surface area contributed by atoms with E-state index in [1.807, 2.05) is 25.3 Å². The van der Waals surface area contributed by atoms with Gasteiger partial charge in [0.05, 0.1) is 0 Å². The van der Waals surface area contributed by atoms with Gasteiger partial charge >= 0.3 is 0 Å². The second-order valence-electron chi connectivity index (χ2n) is 4.94. The predicted octanol–water partition coefficient (Wildman–Crippen LogP) is 4.76. The number of aryl methyl sites for hydroxylation is 1. The number of benzene rings is 1. The molecule has 2 heteroatoms. The molecule has 0 aliphatic rings. The van der Waals surface area contributed by atoms with Crippen LogP contribution in [-0.4, -0.2) is 11.7 Å². The van der Waals surface area contributed by atoms with E-state index in [2.05, 4.69) is 60.0 Å². The van der Waals surface area contributed by atoms with Gasteiger partial charge in [-0.3, -0.25) is 9.98 Å². The summed E-state index contributed by atoms with van der Waals surface area (Å²) in [6.45, 7) is 7.57. The summed E-state index contributed by atoms with van der Waals surface area (Å²) in [6, 6.07) is 12.7. The van der Waals surface area contributed by atoms with Crippen LogP contribution in [0.25, 0.3) is 11.1 Å². The largest absolute Gasteiger partial charge is 0.273 e. The van der Waals surface area contributed by atoms with Gasteiger partial charge in [0, 0.05) is 24.5 Å². The number of rotatable bonds is 5. The lowest BCUT2D eigenvalue weighted by Crippen LogP contribution is -1.93. The first-order chi connectivity index (χ1) is 10.2. The molecule has 0 saturated heterocycles. The van der Waals surface area contributed by atoms with Crippen molar-refractivity contribution in [3.8, 4) is 11.1 Å². The van der Waals surface area contributed by atoms with Crippen LogP contribution >= 0.6 is 0 Å². The standard InChI is InChI=1S/C19H20N2/c1-4-16(9-11-20-3)13-19-14-18(10-12-21-19)17-7-5-15(2)6-8-17/h4-12,14H,3,13H2,1-2H3/b11-9-,16-4+. The smallest absolute Gasteiger partial charge is 0.0453 e. The highest BCUT2D eigenvalue weighted by atomic mass is 14.7. The minimum Gasteiger partial charge on any atom is -0.273 e. The molecule has 106 valence electrons. The van der Waals surface area contributed by atoms with E-state index in [1.54, 1.807) is 6.20 Å². The topological polar surface area (TPSA) is 25.2 Å². The molecule has 0 saturated carbocycles. The Morgan fingerprint density at radius 1 is 1.19 bits per heavy atom. The molecule has 0 unspecified atom stereocenters. The molecule has 0 N–H and O–H groups in total. The monoisotopic (exact) mass is 276 g/mol. The van der Waals surface area contributed by atoms with Gasteiger partial charge in [-0.2, -0.15) is 0 Å². The van der Waals surface area contributed by atoms with E-state index >= 15 is 0 Å². The summed E-state index contributed by atoms with van der Waals surface area (Å²) in [7, 11) is 0. The van der Waals surface area contributed by atoms with Crippen LogP contribution < -0.4 is 0 Å². The lowest BCUT2D eigenvalue weighted by molar-refractivity contribution is 1.07. The number of pyridine rings is 1. The van der Waals surface area contributed by atoms with Crippen molar-refractivity contribution >= 4 is 6.72 Å². The quantitative estimate of drug-likeness (QED) is 0.571. The Morgan fingerprint density at radius 3 is 2.62 bits per heavy atom. The van der Waals surface area contributed by atoms with E-state index in [1.165, 1.54) is 22.3 Å². The number of hydrogen-bond donors (Lipinski definition) is 0. The average Bonchev–Trinajstić information content (AvgIpc) is 2.52. The van der Waals surface area contributed by atoms with Crippen LogP contribution in [0.3, 0.4) is 0 Å². The van der Waals surface area contributed by atoms with E-state index in [0.29, 0.717) is 0 Å². The summed E-state index contributed by atoms with van der Waals surface area (Å²) in [5, 5.41) is 0. The van der Waals surface area contributed by atoms with Crippen LogP contribution in [0, 0.1) is 6.92 Å². The van der Waals surface area contributed by atoms with Gasteiger partial charge in [-0.15, -0.1) is 0 Å². The second kappa shape index (κ2) is 7.34. The molecule has 2 nitrogen and oxygen atoms in total. The molecule has 2 rings (SSSR count). The Hall–Kier alpha value is -2.48. The van der Waals surface area contributed by atoms with Gasteiger partial charge in [0.15, 0.2) is 0 Å². The first-order valence-electron chi connectivity index (χ1n) is 7.02. The molecule has 21 heavy (non-hydrogen) atoms. The maximum atomic E-state index is 4.46. The van der Waals surface area contributed by atoms with Crippen molar-refractivity contribution in [3.05, 3.63) is 77.8 Å². The van der Waals surface area contributed by atoms with Gasteiger partial charge in [0.1, 0.15) is 0 Å². The summed E-state index contributed by atoms with van der Waals surface area (Å²) < 4.78 is 0. The van der Waals surface area contributed by atoms with Crippen LogP contribution in [0.1, 0.15) is 18.2 Å². The Labute approximate surface area is 126 Å². The summed E-state index contributed by atoms with van der Waals surface area (Å²) in [6.07, 6.45) is 8.41. The highest BCUT2D eigenvalue weighted by molar-refractivity contribution is 5.63. The third-order valence-electron chi connectivity index (χ3n) is 3.35. The zero-order valence-corrected chi connectivity index (χ0v) is 12.6. The van der Waals surface area contributed by atoms with Crippen LogP contribution in [0.2, 0.25) is 0 Å². The van der Waals surface area contributed by atoms with Crippen LogP contribution in [-0.2, 0) is 6.42 Å². The molecule has 0 atom stereocenters. The van der Waals surface area contributed by atoms with Gasteiger partial charge in [0.2, 0.25) is 0 Å². The molecule has 0 radical (unpaired) electrons. The number of allylic oxidation sites excluding steroid dienone is 3. The summed E-state index contributed by atoms with van der Waals surface area (Å²) in [5.41, 5.74) is 5.91. The fourth-order valence-electron chi connectivity index (χ4n) is 2.12. The Balaban J connectivity index is 2.23. The predicted molar refractivity (Wildman–Crippen MR) is 90.6 cm³/mol. The lowest BCUT2D eigenvalue weighted by Gasteiger charge is -2.06. The highest BCUT2D eigenvalue weighted by Crippen LogP contribution is 2.21. The van der Waals surface area contributed by atoms with Crippen molar-refractivity contribution in [2.75, 3.05) is 0 Å². The van der Waals surface area contributed by atoms with Crippen LogP contribution in [0.4, 0.5) is 0 Å². The molecule has 0 bridgehead atoms. The molecular formula is C19H20N2. The zero-order valence-electron chi connectivity index (χ0n) is 12.6. The number of aromatic nitrogens is 1. The van der Waals surface area contributed by atoms with Crippen molar-refractivity contribution in [1.29, 1.82) is 0 Å². The number of hydrogen-bond acceptors (Lipinski definition) is 2. The maximum Gasteiger partial charge on any atom is 0.0453 e. The zero-order chi connectivity index (χ0) is 15.1. The van der Waals surface area contributed by atoms with E-state index in [-0.39, 0.29) is 0 Å². The van der Waals surface area contributed by atoms with Gasteiger partial charge < -0.3 is 0 Å². The van der Waals surface area contributed by atoms with E-state index in [0.717, 1.165) is 12.1 Å². The second-order valence-corrected chi connectivity index (χ2v) is 4.94. The van der Waals surface area contributed by atoms with E-state index in [4.69, 9.17) is 0 Å². The van der Waals surface area contributed by atoms with Crippen molar-refractivity contribution in [2.45, 2.75) is 20.3 Å². The fourth-order valence-corrected chi connectivity index (χ4v) is 2.12. The summed E-state index contributed by atoms with van der Waals surface area (Å²) >= 11 is 0. The summed E-state index contributed by atoms with van der Waals surface area (Å²) in [4.78, 5) is 8.20. The Kier molecular flexibility index (Phi) is 5.22. The van der Waals surface area contributed by atoms with Crippen LogP contribution in [0.15, 0.2) is 71.5 Å². The third kappa shape index (κ3) is 4.25. The Morgan fingerprint density at radius 2 is 1.95 bits per heavy atom. The Bertz CT molecular complexity index is 664. The van der Waals surface area contributed by atoms with Gasteiger partial charge in [-0.1, -0.05) is 35.9 Å². The average molecular weight is 276 g/mol. The van der Waals surface area contributed by atoms with E-state index < -0.39 is 0 Å². The summed E-state index contributed by atoms with van der Waals surface area (Å²) in [5.74, 6) is 0. The molecule has 0 aliphatic carbocycles. The minimum atomic E-state index is 0.794. The highest BCUT2D eigenvalue weighted by Gasteiger charge is 2.02. The molecule has 2 aromatic rings. The molecule has 1 heterocycles. The third-order valence-corrected chi connectivity index (χ3v) is 3.35. The van der Waals surface area contributed by atoms with Crippen molar-refractivity contribution in [3.63, 3.8) is 0 Å². The van der Waals surface area contributed by atoms with Crippen molar-refractivity contribution in [2.24, 2.45) is 4.99 Å². The molecular weight excluding hydrogens is 256 g/mol. The van der Waals surface area contributed by atoms with Gasteiger partial charge in [-0.25, -0.2) is 0 Å². The van der Waals surface area contributed by atoms with E-state index in [9.17, 15) is 0 Å². The minimum absolute atomic E-state index is 0.794. The molecule has 0 spiro atoms. The van der Waals surface area contributed by atoms with Crippen LogP contribution in [0.5, 0.6) is 0 Å². The fraction of sp³-hybridized carbons (Fsp3) is 0.158. The molecule has 0 fully saturated rings. The molecule has 1 aromatic carbocycles. The lowest BCUT2D eigenvalue weighted by atomic mass is 10.0. The number of aliphatic imine (C=N–C) groups is 1.